The number of carbonyl (C=O) groups is 1. The van der Waals surface area contributed by atoms with Gasteiger partial charge in [-0.25, -0.2) is 14.1 Å². The van der Waals surface area contributed by atoms with Crippen LogP contribution in [0.1, 0.15) is 47.1 Å². The first kappa shape index (κ1) is 13.6. The van der Waals surface area contributed by atoms with E-state index in [1.54, 1.807) is 4.68 Å². The number of rotatable bonds is 3. The van der Waals surface area contributed by atoms with Crippen molar-refractivity contribution in [2.45, 2.75) is 25.1 Å². The number of ketones is 1. The molecule has 114 valence electrons. The summed E-state index contributed by atoms with van der Waals surface area (Å²) in [5.74, 6) is 0.0414. The number of hydrogen-bond donors (Lipinski definition) is 0. The van der Waals surface area contributed by atoms with Gasteiger partial charge in [0.1, 0.15) is 0 Å². The van der Waals surface area contributed by atoms with Gasteiger partial charge in [0.05, 0.1) is 18.6 Å². The zero-order valence-corrected chi connectivity index (χ0v) is 12.0. The Bertz CT molecular complexity index is 695. The summed E-state index contributed by atoms with van der Waals surface area (Å²) in [5, 5.41) is 4.30. The second-order valence-electron chi connectivity index (χ2n) is 5.79. The Morgan fingerprint density at radius 1 is 1.32 bits per heavy atom. The fourth-order valence-electron chi connectivity index (χ4n) is 3.16. The first-order valence-electron chi connectivity index (χ1n) is 7.51. The lowest BCUT2D eigenvalue weighted by Gasteiger charge is -2.11. The van der Waals surface area contributed by atoms with Crippen molar-refractivity contribution in [1.29, 1.82) is 0 Å². The van der Waals surface area contributed by atoms with Gasteiger partial charge in [-0.15, -0.1) is 5.10 Å². The van der Waals surface area contributed by atoms with Crippen LogP contribution in [0.2, 0.25) is 0 Å². The number of benzene rings is 1. The van der Waals surface area contributed by atoms with E-state index >= 15 is 0 Å². The molecule has 22 heavy (non-hydrogen) atoms. The van der Waals surface area contributed by atoms with Crippen molar-refractivity contribution in [3.05, 3.63) is 47.5 Å². The van der Waals surface area contributed by atoms with E-state index in [1.165, 1.54) is 0 Å². The molecule has 0 saturated carbocycles. The molecule has 2 aliphatic heterocycles. The molecule has 1 fully saturated rings. The molecule has 0 N–H and O–H groups in total. The summed E-state index contributed by atoms with van der Waals surface area (Å²) in [6, 6.07) is 9.45. The molecule has 3 atom stereocenters. The summed E-state index contributed by atoms with van der Waals surface area (Å²) in [4.78, 5) is 16.5. The van der Waals surface area contributed by atoms with Gasteiger partial charge in [-0.1, -0.05) is 30.3 Å². The van der Waals surface area contributed by atoms with Crippen LogP contribution in [-0.4, -0.2) is 33.8 Å². The number of nitrogens with zero attached hydrogens (tertiary/aromatic N) is 3. The van der Waals surface area contributed by atoms with Gasteiger partial charge in [0.15, 0.2) is 12.0 Å². The standard InChI is InChI=1S/C16H16FN3O2/c17-12-8-13(10-4-2-1-3-5-10)20-16(12)18-15(19-20)14(21)11-6-7-22-9-11/h1-5,11-13H,6-9H2. The number of alkyl halides is 1. The van der Waals surface area contributed by atoms with E-state index in [9.17, 15) is 9.18 Å². The molecular weight excluding hydrogens is 285 g/mol. The third-order valence-electron chi connectivity index (χ3n) is 4.37. The maximum absolute atomic E-state index is 14.2. The smallest absolute Gasteiger partial charge is 0.218 e. The average Bonchev–Trinajstić information content (AvgIpc) is 3.25. The van der Waals surface area contributed by atoms with Crippen molar-refractivity contribution in [2.75, 3.05) is 13.2 Å². The third-order valence-corrected chi connectivity index (χ3v) is 4.37. The van der Waals surface area contributed by atoms with Crippen LogP contribution < -0.4 is 0 Å². The Morgan fingerprint density at radius 3 is 2.86 bits per heavy atom. The Labute approximate surface area is 127 Å². The van der Waals surface area contributed by atoms with Gasteiger partial charge >= 0.3 is 0 Å². The van der Waals surface area contributed by atoms with Crippen LogP contribution in [0.15, 0.2) is 30.3 Å². The second kappa shape index (κ2) is 5.28. The van der Waals surface area contributed by atoms with E-state index in [0.29, 0.717) is 26.1 Å². The molecule has 0 amide bonds. The predicted octanol–water partition coefficient (Wildman–Crippen LogP) is 2.50. The highest BCUT2D eigenvalue weighted by atomic mass is 19.1. The number of aromatic nitrogens is 3. The first-order valence-corrected chi connectivity index (χ1v) is 7.51. The van der Waals surface area contributed by atoms with E-state index in [2.05, 4.69) is 10.1 Å². The van der Waals surface area contributed by atoms with Crippen LogP contribution in [0.3, 0.4) is 0 Å². The molecule has 0 bridgehead atoms. The molecular formula is C16H16FN3O2. The van der Waals surface area contributed by atoms with Gasteiger partial charge in [0.25, 0.3) is 0 Å². The lowest BCUT2D eigenvalue weighted by molar-refractivity contribution is 0.0889. The van der Waals surface area contributed by atoms with Gasteiger partial charge in [0, 0.05) is 13.0 Å². The minimum Gasteiger partial charge on any atom is -0.381 e. The van der Waals surface area contributed by atoms with Gasteiger partial charge in [0.2, 0.25) is 11.6 Å². The SMILES string of the molecule is O=C(c1nc2n(n1)C(c1ccccc1)CC2F)C1CCOC1. The highest BCUT2D eigenvalue weighted by molar-refractivity contribution is 5.94. The zero-order valence-electron chi connectivity index (χ0n) is 12.0. The summed E-state index contributed by atoms with van der Waals surface area (Å²) in [6.45, 7) is 0.992. The van der Waals surface area contributed by atoms with Gasteiger partial charge < -0.3 is 4.74 Å². The molecule has 0 aliphatic carbocycles. The van der Waals surface area contributed by atoms with Crippen molar-refractivity contribution >= 4 is 5.78 Å². The second-order valence-corrected chi connectivity index (χ2v) is 5.79. The monoisotopic (exact) mass is 301 g/mol. The molecule has 2 aliphatic rings. The van der Waals surface area contributed by atoms with Crippen LogP contribution in [0.5, 0.6) is 0 Å². The molecule has 5 nitrogen and oxygen atoms in total. The van der Waals surface area contributed by atoms with Crippen molar-refractivity contribution in [1.82, 2.24) is 14.8 Å². The lowest BCUT2D eigenvalue weighted by Crippen LogP contribution is -2.17. The van der Waals surface area contributed by atoms with Crippen molar-refractivity contribution < 1.29 is 13.9 Å². The Balaban J connectivity index is 1.67. The maximum Gasteiger partial charge on any atom is 0.218 e. The molecule has 1 aromatic carbocycles. The highest BCUT2D eigenvalue weighted by Crippen LogP contribution is 2.39. The molecule has 3 heterocycles. The fourth-order valence-corrected chi connectivity index (χ4v) is 3.16. The van der Waals surface area contributed by atoms with E-state index in [4.69, 9.17) is 4.74 Å². The zero-order chi connectivity index (χ0) is 15.1. The summed E-state index contributed by atoms with van der Waals surface area (Å²) in [7, 11) is 0. The summed E-state index contributed by atoms with van der Waals surface area (Å²) < 4.78 is 21.1. The molecule has 6 heteroatoms. The lowest BCUT2D eigenvalue weighted by atomic mass is 10.0. The molecule has 3 unspecified atom stereocenters. The minimum atomic E-state index is -1.18. The Hall–Kier alpha value is -2.08. The molecule has 1 aromatic heterocycles. The van der Waals surface area contributed by atoms with Crippen molar-refractivity contribution in [2.24, 2.45) is 5.92 Å². The summed E-state index contributed by atoms with van der Waals surface area (Å²) in [6.07, 6.45) is -0.177. The number of ether oxygens (including phenoxy) is 1. The van der Waals surface area contributed by atoms with Gasteiger partial charge in [-0.2, -0.15) is 0 Å². The number of Topliss-reactive ketones (excluding diaryl/α,β-unsaturated/α-hetero) is 1. The van der Waals surface area contributed by atoms with Gasteiger partial charge in [-0.3, -0.25) is 4.79 Å². The molecule has 4 rings (SSSR count). The highest BCUT2D eigenvalue weighted by Gasteiger charge is 2.37. The predicted molar refractivity (Wildman–Crippen MR) is 76.3 cm³/mol. The maximum atomic E-state index is 14.2. The fraction of sp³-hybridized carbons (Fsp3) is 0.438. The molecule has 0 spiro atoms. The van der Waals surface area contributed by atoms with Crippen LogP contribution >= 0.6 is 0 Å². The van der Waals surface area contributed by atoms with Gasteiger partial charge in [-0.05, 0) is 12.0 Å². The third kappa shape index (κ3) is 2.14. The van der Waals surface area contributed by atoms with Crippen LogP contribution in [0.25, 0.3) is 0 Å². The van der Waals surface area contributed by atoms with E-state index in [1.807, 2.05) is 30.3 Å². The van der Waals surface area contributed by atoms with Crippen molar-refractivity contribution in [3.8, 4) is 0 Å². The van der Waals surface area contributed by atoms with Crippen LogP contribution in [-0.2, 0) is 4.74 Å². The normalized spacial score (nSPS) is 27.0. The van der Waals surface area contributed by atoms with Crippen molar-refractivity contribution in [3.63, 3.8) is 0 Å². The van der Waals surface area contributed by atoms with Crippen LogP contribution in [0, 0.1) is 5.92 Å². The molecule has 2 aromatic rings. The number of fused-ring (bicyclic) bond motifs is 1. The summed E-state index contributed by atoms with van der Waals surface area (Å²) >= 11 is 0. The quantitative estimate of drug-likeness (QED) is 0.817. The minimum absolute atomic E-state index is 0.119. The largest absolute Gasteiger partial charge is 0.381 e. The summed E-state index contributed by atoms with van der Waals surface area (Å²) in [5.41, 5.74) is 0.983. The molecule has 0 radical (unpaired) electrons. The van der Waals surface area contributed by atoms with E-state index in [0.717, 1.165) is 5.56 Å². The Kier molecular flexibility index (Phi) is 3.26. The van der Waals surface area contributed by atoms with Crippen LogP contribution in [0.4, 0.5) is 4.39 Å². The first-order chi connectivity index (χ1) is 10.7. The van der Waals surface area contributed by atoms with E-state index in [-0.39, 0.29) is 29.4 Å². The Morgan fingerprint density at radius 2 is 2.14 bits per heavy atom. The molecule has 1 saturated heterocycles. The number of halogens is 1. The average molecular weight is 301 g/mol. The number of hydrogen-bond acceptors (Lipinski definition) is 4. The van der Waals surface area contributed by atoms with E-state index < -0.39 is 6.17 Å². The topological polar surface area (TPSA) is 57.0 Å². The number of carbonyl (C=O) groups excluding carboxylic acids is 1.